The molecule has 0 spiro atoms. The van der Waals surface area contributed by atoms with E-state index in [4.69, 9.17) is 37.9 Å². The van der Waals surface area contributed by atoms with Crippen molar-refractivity contribution in [1.82, 2.24) is 30.9 Å². The van der Waals surface area contributed by atoms with Gasteiger partial charge >= 0.3 is 24.4 Å². The van der Waals surface area contributed by atoms with E-state index in [-0.39, 0.29) is 25.8 Å². The molecule has 2 heterocycles. The highest BCUT2D eigenvalue weighted by Crippen LogP contribution is 2.35. The molecule has 0 radical (unpaired) electrons. The minimum absolute atomic E-state index is 0.00262. The number of nitro groups is 1. The van der Waals surface area contributed by atoms with Crippen LogP contribution in [0.1, 0.15) is 116 Å². The molecule has 1 aliphatic carbocycles. The Morgan fingerprint density at radius 1 is 0.782 bits per heavy atom. The number of carbonyl (C=O) groups is 5. The van der Waals surface area contributed by atoms with E-state index in [9.17, 15) is 62.9 Å². The van der Waals surface area contributed by atoms with Gasteiger partial charge in [0.15, 0.2) is 17.5 Å². The number of ether oxygens (including phenoxy) is 8. The van der Waals surface area contributed by atoms with E-state index in [1.54, 1.807) is 83.1 Å². The Kier molecular flexibility index (Phi) is 21.7. The molecule has 3 fully saturated rings. The molecule has 4 rings (SSSR count). The standard InChI is InChI=1S/C49H81N7O21S/c1-45(2,3)74-41(61)50-22-21-31(57)38(60)52-28-23-29(54-43(63)76-47(7,8)9)36(33(58)35(28)73-40-34(59)37(49(13,65)25-70-40)55(14)44(64)77-48(10,11)12)72-39-27(53-42(62)75-46(4,5)6)20-19-26(71-39)24-51-78(68,69)32-18-16-15-17-30(32)56(66)67/h15-18,26-29,31,33-37,39-40,51,57-59,65H,19-25H2,1-14H3,(H,50,61)(H,52,60)(H,53,62)(H,54,63)/t26-,27+,28+,29-,31?,33+,34+,35-,36+,37+,39+,40+,49-/m0/s1. The van der Waals surface area contributed by atoms with Gasteiger partial charge in [0.2, 0.25) is 15.9 Å². The summed E-state index contributed by atoms with van der Waals surface area (Å²) >= 11 is 0. The lowest BCUT2D eigenvalue weighted by atomic mass is 9.82. The van der Waals surface area contributed by atoms with Crippen LogP contribution in [0.3, 0.4) is 0 Å². The minimum Gasteiger partial charge on any atom is -0.444 e. The fraction of sp³-hybridized carbons (Fsp3) is 0.776. The SMILES string of the molecule is CN(C(=O)OC(C)(C)C)[C@@H]1[C@@H](O)[C@@H](O[C@@H]2[C@@H](O)[C@H](O[C@H]3O[C@H](CNS(=O)(=O)c4ccccc4[N+](=O)[O-])CC[C@H]3NC(=O)OC(C)(C)C)[C@@H](NC(=O)OC(C)(C)C)C[C@H]2NC(=O)C(O)CCNC(=O)OC(C)(C)C)OC[C@]1(C)O. The van der Waals surface area contributed by atoms with Crippen LogP contribution in [0.4, 0.5) is 24.9 Å². The van der Waals surface area contributed by atoms with Gasteiger partial charge in [0.1, 0.15) is 58.5 Å². The number of alkyl carbamates (subject to hydrolysis) is 3. The van der Waals surface area contributed by atoms with Crippen LogP contribution in [-0.2, 0) is 52.7 Å². The van der Waals surface area contributed by atoms with Crippen LogP contribution < -0.4 is 26.0 Å². The fourth-order valence-electron chi connectivity index (χ4n) is 8.65. The predicted octanol–water partition coefficient (Wildman–Crippen LogP) is 2.16. The summed E-state index contributed by atoms with van der Waals surface area (Å²) in [6.07, 6.45) is -18.2. The van der Waals surface area contributed by atoms with Gasteiger partial charge in [0, 0.05) is 26.2 Å². The zero-order chi connectivity index (χ0) is 59.1. The lowest BCUT2D eigenvalue weighted by Crippen LogP contribution is -2.71. The normalized spacial score (nSPS) is 28.5. The molecule has 29 heteroatoms. The number of amides is 5. The zero-order valence-electron chi connectivity index (χ0n) is 46.7. The number of likely N-dealkylation sites (N-methyl/N-ethyl adjacent to an activating group) is 1. The summed E-state index contributed by atoms with van der Waals surface area (Å²) in [6, 6.07) is -0.806. The molecule has 1 aromatic carbocycles. The maximum atomic E-state index is 13.9. The third-order valence-electron chi connectivity index (χ3n) is 11.9. The van der Waals surface area contributed by atoms with Gasteiger partial charge in [-0.2, -0.15) is 0 Å². The molecular weight excluding hydrogens is 1050 g/mol. The van der Waals surface area contributed by atoms with Crippen LogP contribution in [0.15, 0.2) is 29.2 Å². The van der Waals surface area contributed by atoms with E-state index in [0.717, 1.165) is 17.0 Å². The number of sulfonamides is 1. The first-order valence-electron chi connectivity index (χ1n) is 25.5. The number of rotatable bonds is 17. The van der Waals surface area contributed by atoms with Gasteiger partial charge in [-0.25, -0.2) is 32.3 Å². The van der Waals surface area contributed by atoms with Crippen molar-refractivity contribution >= 4 is 46.0 Å². The topological polar surface area (TPSA) is 381 Å². The average molecular weight is 1140 g/mol. The Morgan fingerprint density at radius 3 is 1.85 bits per heavy atom. The summed E-state index contributed by atoms with van der Waals surface area (Å²) < 4.78 is 76.2. The zero-order valence-corrected chi connectivity index (χ0v) is 47.5. The van der Waals surface area contributed by atoms with Crippen LogP contribution in [0.25, 0.3) is 0 Å². The Labute approximate surface area is 454 Å². The van der Waals surface area contributed by atoms with E-state index in [0.29, 0.717) is 0 Å². The van der Waals surface area contributed by atoms with Crippen LogP contribution >= 0.6 is 0 Å². The number of nitrogens with one attached hydrogen (secondary N) is 5. The van der Waals surface area contributed by atoms with Crippen LogP contribution in [0.2, 0.25) is 0 Å². The van der Waals surface area contributed by atoms with Crippen molar-refractivity contribution in [2.24, 2.45) is 0 Å². The molecule has 1 aromatic rings. The summed E-state index contributed by atoms with van der Waals surface area (Å²) in [5.74, 6) is -1.05. The summed E-state index contributed by atoms with van der Waals surface area (Å²) in [7, 11) is -3.28. The van der Waals surface area contributed by atoms with Crippen molar-refractivity contribution in [3.63, 3.8) is 0 Å². The summed E-state index contributed by atoms with van der Waals surface area (Å²) in [5, 5.41) is 69.4. The Hall–Kier alpha value is -5.24. The molecule has 0 bridgehead atoms. The Bertz CT molecular complexity index is 2370. The Morgan fingerprint density at radius 2 is 1.29 bits per heavy atom. The molecule has 78 heavy (non-hydrogen) atoms. The van der Waals surface area contributed by atoms with Gasteiger partial charge in [0.05, 0.1) is 41.8 Å². The highest BCUT2D eigenvalue weighted by Gasteiger charge is 2.55. The van der Waals surface area contributed by atoms with Crippen LogP contribution in [0.5, 0.6) is 0 Å². The summed E-state index contributed by atoms with van der Waals surface area (Å²) in [5.41, 5.74) is -6.56. The van der Waals surface area contributed by atoms with Crippen molar-refractivity contribution in [1.29, 1.82) is 0 Å². The molecule has 3 aliphatic rings. The third kappa shape index (κ3) is 19.5. The molecule has 1 saturated carbocycles. The molecule has 0 aromatic heterocycles. The molecule has 5 amide bonds. The number of hydrogen-bond acceptors (Lipinski definition) is 21. The predicted molar refractivity (Wildman–Crippen MR) is 274 cm³/mol. The molecule has 2 saturated heterocycles. The minimum atomic E-state index is -4.55. The quantitative estimate of drug-likeness (QED) is 0.0613. The van der Waals surface area contributed by atoms with E-state index in [1.807, 2.05) is 0 Å². The number of nitro benzene ring substituents is 1. The average Bonchev–Trinajstić information content (AvgIpc) is 3.26. The molecule has 13 atom stereocenters. The van der Waals surface area contributed by atoms with Crippen molar-refractivity contribution in [2.45, 2.75) is 222 Å². The summed E-state index contributed by atoms with van der Waals surface area (Å²) in [6.45, 7) is 19.3. The third-order valence-corrected chi connectivity index (χ3v) is 13.3. The summed E-state index contributed by atoms with van der Waals surface area (Å²) in [4.78, 5) is 77.8. The second-order valence-electron chi connectivity index (χ2n) is 23.6. The molecule has 9 N–H and O–H groups in total. The number of para-hydroxylation sites is 1. The van der Waals surface area contributed by atoms with Gasteiger partial charge in [-0.15, -0.1) is 0 Å². The van der Waals surface area contributed by atoms with Gasteiger partial charge in [-0.05, 0) is 122 Å². The first kappa shape index (κ1) is 65.3. The number of hydrogen-bond donors (Lipinski definition) is 9. The van der Waals surface area contributed by atoms with Crippen LogP contribution in [0, 0.1) is 10.1 Å². The first-order valence-corrected chi connectivity index (χ1v) is 26.9. The largest absolute Gasteiger partial charge is 0.444 e. The molecule has 444 valence electrons. The fourth-order valence-corrected chi connectivity index (χ4v) is 9.89. The molecule has 28 nitrogen and oxygen atoms in total. The van der Waals surface area contributed by atoms with Gasteiger partial charge in [-0.1, -0.05) is 12.1 Å². The number of benzene rings is 1. The maximum absolute atomic E-state index is 13.9. The molecule has 1 unspecified atom stereocenters. The van der Waals surface area contributed by atoms with E-state index < -0.39 is 177 Å². The highest BCUT2D eigenvalue weighted by molar-refractivity contribution is 7.89. The lowest BCUT2D eigenvalue weighted by molar-refractivity contribution is -0.387. The lowest BCUT2D eigenvalue weighted by Gasteiger charge is -2.51. The number of aliphatic hydroxyl groups excluding tert-OH is 3. The first-order chi connectivity index (χ1) is 35.7. The molecule has 2 aliphatic heterocycles. The highest BCUT2D eigenvalue weighted by atomic mass is 32.2. The van der Waals surface area contributed by atoms with E-state index in [2.05, 4.69) is 26.0 Å². The molecular formula is C49H81N7O21S. The second-order valence-corrected chi connectivity index (χ2v) is 25.4. The monoisotopic (exact) mass is 1140 g/mol. The second kappa shape index (κ2) is 25.9. The number of carbonyl (C=O) groups excluding carboxylic acids is 5. The van der Waals surface area contributed by atoms with Crippen LogP contribution in [-0.4, -0.2) is 197 Å². The van der Waals surface area contributed by atoms with Gasteiger partial charge in [0.25, 0.3) is 5.69 Å². The van der Waals surface area contributed by atoms with Crippen molar-refractivity contribution in [3.05, 3.63) is 34.4 Å². The van der Waals surface area contributed by atoms with Gasteiger partial charge < -0.3 is 84.5 Å². The van der Waals surface area contributed by atoms with Gasteiger partial charge in [-0.3, -0.25) is 14.9 Å². The van der Waals surface area contributed by atoms with E-state index >= 15 is 0 Å². The van der Waals surface area contributed by atoms with Crippen molar-refractivity contribution in [3.8, 4) is 0 Å². The number of aliphatic hydroxyl groups is 4. The smallest absolute Gasteiger partial charge is 0.410 e. The number of nitrogens with zero attached hydrogens (tertiary/aromatic N) is 2. The van der Waals surface area contributed by atoms with Crippen molar-refractivity contribution < 1.29 is 95.6 Å². The van der Waals surface area contributed by atoms with Crippen molar-refractivity contribution in [2.75, 3.05) is 26.7 Å². The Balaban J connectivity index is 1.78. The van der Waals surface area contributed by atoms with E-state index in [1.165, 1.54) is 26.1 Å². The maximum Gasteiger partial charge on any atom is 0.410 e.